The Hall–Kier alpha value is -1.53. The summed E-state index contributed by atoms with van der Waals surface area (Å²) in [5.41, 5.74) is 1.19. The van der Waals surface area contributed by atoms with Gasteiger partial charge in [-0.3, -0.25) is 0 Å². The molecule has 86 valence electrons. The highest BCUT2D eigenvalue weighted by molar-refractivity contribution is 5.40. The molecule has 0 aromatic carbocycles. The Morgan fingerprint density at radius 2 is 2.31 bits per heavy atom. The minimum absolute atomic E-state index is 0.337. The zero-order chi connectivity index (χ0) is 12.0. The predicted octanol–water partition coefficient (Wildman–Crippen LogP) is 1.82. The van der Waals surface area contributed by atoms with Gasteiger partial charge in [0, 0.05) is 19.3 Å². The molecule has 0 fully saturated rings. The summed E-state index contributed by atoms with van der Waals surface area (Å²) < 4.78 is 0. The number of rotatable bonds is 5. The van der Waals surface area contributed by atoms with Gasteiger partial charge in [0.15, 0.2) is 0 Å². The molecule has 0 saturated carbocycles. The largest absolute Gasteiger partial charge is 0.349 e. The van der Waals surface area contributed by atoms with Crippen LogP contribution in [-0.4, -0.2) is 25.1 Å². The van der Waals surface area contributed by atoms with E-state index in [0.29, 0.717) is 12.6 Å². The molecule has 1 heterocycles. The molecule has 0 aliphatic rings. The van der Waals surface area contributed by atoms with Gasteiger partial charge in [-0.2, -0.15) is 0 Å². The molecule has 1 aromatic heterocycles. The van der Waals surface area contributed by atoms with E-state index in [-0.39, 0.29) is 0 Å². The van der Waals surface area contributed by atoms with E-state index in [1.54, 1.807) is 0 Å². The molecule has 3 heteroatoms. The molecule has 0 aliphatic carbocycles. The Morgan fingerprint density at radius 1 is 1.56 bits per heavy atom. The summed E-state index contributed by atoms with van der Waals surface area (Å²) in [6.07, 6.45) is 7.15. The van der Waals surface area contributed by atoms with Gasteiger partial charge < -0.3 is 10.2 Å². The Morgan fingerprint density at radius 3 is 2.81 bits per heavy atom. The maximum atomic E-state index is 5.26. The highest BCUT2D eigenvalue weighted by atomic mass is 15.1. The third-order valence-electron chi connectivity index (χ3n) is 2.50. The third-order valence-corrected chi connectivity index (χ3v) is 2.50. The summed E-state index contributed by atoms with van der Waals surface area (Å²) in [6.45, 7) is 5.76. The van der Waals surface area contributed by atoms with E-state index in [9.17, 15) is 0 Å². The van der Waals surface area contributed by atoms with Crippen LogP contribution in [0.2, 0.25) is 0 Å². The van der Waals surface area contributed by atoms with Crippen LogP contribution in [0.4, 0.5) is 5.82 Å². The van der Waals surface area contributed by atoms with E-state index in [0.717, 1.165) is 12.4 Å². The summed E-state index contributed by atoms with van der Waals surface area (Å²) in [5.74, 6) is 3.50. The molecule has 3 nitrogen and oxygen atoms in total. The molecule has 0 spiro atoms. The Kier molecular flexibility index (Phi) is 4.81. The number of pyridine rings is 1. The minimum Gasteiger partial charge on any atom is -0.349 e. The Balaban J connectivity index is 2.71. The van der Waals surface area contributed by atoms with Crippen LogP contribution >= 0.6 is 0 Å². The quantitative estimate of drug-likeness (QED) is 0.763. The fourth-order valence-electron chi connectivity index (χ4n) is 1.52. The van der Waals surface area contributed by atoms with Crippen molar-refractivity contribution in [1.82, 2.24) is 10.3 Å². The molecule has 1 unspecified atom stereocenters. The summed E-state index contributed by atoms with van der Waals surface area (Å²) in [6, 6.07) is 4.42. The Bertz CT molecular complexity index is 350. The van der Waals surface area contributed by atoms with Crippen molar-refractivity contribution in [2.45, 2.75) is 19.9 Å². The van der Waals surface area contributed by atoms with E-state index in [2.05, 4.69) is 36.1 Å². The van der Waals surface area contributed by atoms with Gasteiger partial charge in [-0.25, -0.2) is 4.98 Å². The molecular weight excluding hydrogens is 198 g/mol. The van der Waals surface area contributed by atoms with Crippen LogP contribution in [0.5, 0.6) is 0 Å². The van der Waals surface area contributed by atoms with Gasteiger partial charge >= 0.3 is 0 Å². The van der Waals surface area contributed by atoms with Crippen molar-refractivity contribution >= 4 is 5.82 Å². The predicted molar refractivity (Wildman–Crippen MR) is 68.4 cm³/mol. The lowest BCUT2D eigenvalue weighted by atomic mass is 10.1. The molecule has 0 radical (unpaired) electrons. The van der Waals surface area contributed by atoms with Gasteiger partial charge in [0.05, 0.1) is 6.54 Å². The molecule has 1 rings (SSSR count). The first-order valence-corrected chi connectivity index (χ1v) is 5.53. The van der Waals surface area contributed by atoms with E-state index in [1.165, 1.54) is 5.56 Å². The van der Waals surface area contributed by atoms with Crippen molar-refractivity contribution in [3.05, 3.63) is 23.9 Å². The van der Waals surface area contributed by atoms with Crippen molar-refractivity contribution < 1.29 is 0 Å². The first-order chi connectivity index (χ1) is 7.69. The van der Waals surface area contributed by atoms with Crippen molar-refractivity contribution in [2.75, 3.05) is 25.0 Å². The smallest absolute Gasteiger partial charge is 0.129 e. The standard InChI is InChI=1S/C13H19N3/c1-5-9-16(4)13-8-7-12(10-15-13)11(3)14-6-2/h1,7-8,10-11,14H,6,9H2,2-4H3. The molecule has 0 amide bonds. The van der Waals surface area contributed by atoms with Crippen molar-refractivity contribution in [3.63, 3.8) is 0 Å². The molecular formula is C13H19N3. The van der Waals surface area contributed by atoms with E-state index in [1.807, 2.05) is 24.2 Å². The summed E-state index contributed by atoms with van der Waals surface area (Å²) in [7, 11) is 1.94. The van der Waals surface area contributed by atoms with Crippen LogP contribution in [0, 0.1) is 12.3 Å². The lowest BCUT2D eigenvalue weighted by molar-refractivity contribution is 0.596. The van der Waals surface area contributed by atoms with E-state index in [4.69, 9.17) is 6.42 Å². The zero-order valence-electron chi connectivity index (χ0n) is 10.2. The molecule has 0 aliphatic heterocycles. The van der Waals surface area contributed by atoms with E-state index >= 15 is 0 Å². The number of aromatic nitrogens is 1. The average Bonchev–Trinajstić information content (AvgIpc) is 2.30. The van der Waals surface area contributed by atoms with Gasteiger partial charge in [-0.05, 0) is 25.1 Å². The highest BCUT2D eigenvalue weighted by Crippen LogP contribution is 2.14. The fourth-order valence-corrected chi connectivity index (χ4v) is 1.52. The summed E-state index contributed by atoms with van der Waals surface area (Å²) in [4.78, 5) is 6.34. The number of hydrogen-bond donors (Lipinski definition) is 1. The van der Waals surface area contributed by atoms with Crippen molar-refractivity contribution in [3.8, 4) is 12.3 Å². The molecule has 1 N–H and O–H groups in total. The second-order valence-electron chi connectivity index (χ2n) is 3.79. The second kappa shape index (κ2) is 6.14. The average molecular weight is 217 g/mol. The third kappa shape index (κ3) is 3.25. The molecule has 0 bridgehead atoms. The number of terminal acetylenes is 1. The van der Waals surface area contributed by atoms with Gasteiger partial charge in [0.2, 0.25) is 0 Å². The van der Waals surface area contributed by atoms with Crippen LogP contribution in [-0.2, 0) is 0 Å². The maximum absolute atomic E-state index is 5.26. The number of hydrogen-bond acceptors (Lipinski definition) is 3. The fraction of sp³-hybridized carbons (Fsp3) is 0.462. The zero-order valence-corrected chi connectivity index (χ0v) is 10.2. The monoisotopic (exact) mass is 217 g/mol. The topological polar surface area (TPSA) is 28.2 Å². The molecule has 16 heavy (non-hydrogen) atoms. The molecule has 1 aromatic rings. The minimum atomic E-state index is 0.337. The first-order valence-electron chi connectivity index (χ1n) is 5.53. The van der Waals surface area contributed by atoms with Gasteiger partial charge in [0.1, 0.15) is 5.82 Å². The van der Waals surface area contributed by atoms with Crippen molar-refractivity contribution in [1.29, 1.82) is 0 Å². The SMILES string of the molecule is C#CCN(C)c1ccc(C(C)NCC)cn1. The second-order valence-corrected chi connectivity index (χ2v) is 3.79. The van der Waals surface area contributed by atoms with E-state index < -0.39 is 0 Å². The van der Waals surface area contributed by atoms with Crippen molar-refractivity contribution in [2.24, 2.45) is 0 Å². The number of nitrogens with zero attached hydrogens (tertiary/aromatic N) is 2. The van der Waals surface area contributed by atoms with Crippen LogP contribution in [0.1, 0.15) is 25.5 Å². The van der Waals surface area contributed by atoms with Crippen LogP contribution in [0.15, 0.2) is 18.3 Å². The first kappa shape index (κ1) is 12.5. The number of anilines is 1. The Labute approximate surface area is 97.9 Å². The normalized spacial score (nSPS) is 11.9. The summed E-state index contributed by atoms with van der Waals surface area (Å²) >= 11 is 0. The number of nitrogens with one attached hydrogen (secondary N) is 1. The molecule has 1 atom stereocenters. The maximum Gasteiger partial charge on any atom is 0.129 e. The van der Waals surface area contributed by atoms with Crippen LogP contribution in [0.3, 0.4) is 0 Å². The summed E-state index contributed by atoms with van der Waals surface area (Å²) in [5, 5.41) is 3.35. The van der Waals surface area contributed by atoms with Gasteiger partial charge in [0.25, 0.3) is 0 Å². The van der Waals surface area contributed by atoms with Gasteiger partial charge in [-0.1, -0.05) is 18.9 Å². The van der Waals surface area contributed by atoms with Gasteiger partial charge in [-0.15, -0.1) is 6.42 Å². The lowest BCUT2D eigenvalue weighted by Crippen LogP contribution is -2.20. The van der Waals surface area contributed by atoms with Crippen LogP contribution in [0.25, 0.3) is 0 Å². The lowest BCUT2D eigenvalue weighted by Gasteiger charge is -2.17. The highest BCUT2D eigenvalue weighted by Gasteiger charge is 2.05. The van der Waals surface area contributed by atoms with Crippen LogP contribution < -0.4 is 10.2 Å². The molecule has 0 saturated heterocycles.